The number of aliphatic hydroxyl groups excluding tert-OH is 1. The minimum Gasteiger partial charge on any atom is -0.507 e. The molecule has 1 aliphatic rings. The highest BCUT2D eigenvalue weighted by Crippen LogP contribution is 2.29. The quantitative estimate of drug-likeness (QED) is 0.812. The fourth-order valence-electron chi connectivity index (χ4n) is 2.06. The summed E-state index contributed by atoms with van der Waals surface area (Å²) in [5.74, 6) is 0.134. The summed E-state index contributed by atoms with van der Waals surface area (Å²) in [7, 11) is 1.79. The normalized spacial score (nSPS) is 18.1. The molecule has 5 nitrogen and oxygen atoms in total. The third-order valence-corrected chi connectivity index (χ3v) is 3.29. The lowest BCUT2D eigenvalue weighted by Crippen LogP contribution is -2.48. The number of amides is 1. The Morgan fingerprint density at radius 3 is 2.61 bits per heavy atom. The first-order valence-electron chi connectivity index (χ1n) is 5.99. The number of phenols is 1. The summed E-state index contributed by atoms with van der Waals surface area (Å²) in [6.07, 6.45) is -0.701. The van der Waals surface area contributed by atoms with E-state index in [-0.39, 0.29) is 11.7 Å². The first-order chi connectivity index (χ1) is 8.49. The maximum absolute atomic E-state index is 11.6. The van der Waals surface area contributed by atoms with Crippen molar-refractivity contribution in [3.05, 3.63) is 23.8 Å². The van der Waals surface area contributed by atoms with E-state index >= 15 is 0 Å². The van der Waals surface area contributed by atoms with Gasteiger partial charge in [-0.3, -0.25) is 4.79 Å². The maximum atomic E-state index is 11.6. The molecule has 1 saturated heterocycles. The number of carbonyl (C=O) groups is 1. The van der Waals surface area contributed by atoms with Crippen molar-refractivity contribution in [3.63, 3.8) is 0 Å². The molecule has 1 fully saturated rings. The minimum absolute atomic E-state index is 0.0638. The predicted molar refractivity (Wildman–Crippen MR) is 68.6 cm³/mol. The van der Waals surface area contributed by atoms with Crippen LogP contribution in [0, 0.1) is 0 Å². The van der Waals surface area contributed by atoms with E-state index in [9.17, 15) is 15.0 Å². The van der Waals surface area contributed by atoms with Crippen molar-refractivity contribution >= 4 is 11.6 Å². The number of phenolic OH excluding ortho intramolecular Hbond substituents is 1. The summed E-state index contributed by atoms with van der Waals surface area (Å²) < 4.78 is 0. The van der Waals surface area contributed by atoms with Crippen LogP contribution >= 0.6 is 0 Å². The van der Waals surface area contributed by atoms with Gasteiger partial charge in [-0.25, -0.2) is 0 Å². The zero-order chi connectivity index (χ0) is 13.3. The van der Waals surface area contributed by atoms with E-state index in [4.69, 9.17) is 0 Å². The molecule has 0 spiro atoms. The van der Waals surface area contributed by atoms with Gasteiger partial charge in [0.25, 0.3) is 0 Å². The van der Waals surface area contributed by atoms with Crippen LogP contribution in [0.15, 0.2) is 18.2 Å². The highest BCUT2D eigenvalue weighted by atomic mass is 16.3. The summed E-state index contributed by atoms with van der Waals surface area (Å²) >= 11 is 0. The number of aliphatic hydroxyl groups is 1. The maximum Gasteiger partial charge on any atom is 0.241 e. The highest BCUT2D eigenvalue weighted by molar-refractivity contribution is 5.82. The van der Waals surface area contributed by atoms with Crippen molar-refractivity contribution in [2.24, 2.45) is 0 Å². The Morgan fingerprint density at radius 1 is 1.33 bits per heavy atom. The third kappa shape index (κ3) is 2.41. The number of aromatic hydroxyl groups is 1. The van der Waals surface area contributed by atoms with E-state index in [0.29, 0.717) is 18.7 Å². The molecule has 1 atom stereocenters. The molecule has 1 heterocycles. The molecule has 2 rings (SSSR count). The van der Waals surface area contributed by atoms with Gasteiger partial charge in [0.1, 0.15) is 5.75 Å². The Labute approximate surface area is 106 Å². The number of rotatable bonds is 2. The van der Waals surface area contributed by atoms with E-state index in [2.05, 4.69) is 0 Å². The Kier molecular flexibility index (Phi) is 3.43. The lowest BCUT2D eigenvalue weighted by atomic mass is 10.1. The van der Waals surface area contributed by atoms with E-state index < -0.39 is 6.10 Å². The molecule has 0 aliphatic carbocycles. The average Bonchev–Trinajstić information content (AvgIpc) is 2.32. The molecule has 1 aromatic rings. The van der Waals surface area contributed by atoms with Crippen molar-refractivity contribution < 1.29 is 15.0 Å². The third-order valence-electron chi connectivity index (χ3n) is 3.29. The topological polar surface area (TPSA) is 64.0 Å². The Bertz CT molecular complexity index is 460. The number of anilines is 1. The summed E-state index contributed by atoms with van der Waals surface area (Å²) in [5, 5.41) is 19.3. The number of hydrogen-bond donors (Lipinski definition) is 2. The van der Waals surface area contributed by atoms with E-state index in [1.807, 2.05) is 11.0 Å². The van der Waals surface area contributed by atoms with Gasteiger partial charge in [0.15, 0.2) is 0 Å². The van der Waals surface area contributed by atoms with Crippen molar-refractivity contribution in [1.29, 1.82) is 0 Å². The van der Waals surface area contributed by atoms with Gasteiger partial charge in [-0.15, -0.1) is 0 Å². The molecular formula is C13H18N2O3. The van der Waals surface area contributed by atoms with Gasteiger partial charge in [0, 0.05) is 37.5 Å². The van der Waals surface area contributed by atoms with Crippen LogP contribution in [0.1, 0.15) is 18.6 Å². The van der Waals surface area contributed by atoms with Crippen LogP contribution in [0.2, 0.25) is 0 Å². The van der Waals surface area contributed by atoms with Crippen molar-refractivity contribution in [2.75, 3.05) is 31.6 Å². The first-order valence-corrected chi connectivity index (χ1v) is 5.99. The lowest BCUT2D eigenvalue weighted by molar-refractivity contribution is -0.129. The smallest absolute Gasteiger partial charge is 0.241 e. The van der Waals surface area contributed by atoms with Crippen LogP contribution in [0.25, 0.3) is 0 Å². The minimum atomic E-state index is -0.701. The summed E-state index contributed by atoms with van der Waals surface area (Å²) in [4.78, 5) is 15.2. The zero-order valence-electron chi connectivity index (χ0n) is 10.6. The number of hydrogen-bond acceptors (Lipinski definition) is 4. The Balaban J connectivity index is 2.19. The molecule has 1 aliphatic heterocycles. The fourth-order valence-corrected chi connectivity index (χ4v) is 2.06. The fraction of sp³-hybridized carbons (Fsp3) is 0.462. The van der Waals surface area contributed by atoms with Gasteiger partial charge < -0.3 is 20.0 Å². The van der Waals surface area contributed by atoms with Crippen LogP contribution < -0.4 is 4.90 Å². The molecule has 2 N–H and O–H groups in total. The Morgan fingerprint density at radius 2 is 2.06 bits per heavy atom. The molecule has 0 radical (unpaired) electrons. The summed E-state index contributed by atoms with van der Waals surface area (Å²) in [6.45, 7) is 3.35. The zero-order valence-corrected chi connectivity index (χ0v) is 10.6. The molecule has 18 heavy (non-hydrogen) atoms. The molecule has 1 amide bonds. The van der Waals surface area contributed by atoms with Gasteiger partial charge in [0.05, 0.1) is 12.6 Å². The number of nitrogens with zero attached hydrogens (tertiary/aromatic N) is 2. The monoisotopic (exact) mass is 250 g/mol. The summed E-state index contributed by atoms with van der Waals surface area (Å²) in [6, 6.07) is 5.11. The SMILES string of the molecule is CC(O)c1ccc(N2CCN(C)C(=O)C2)cc1O. The standard InChI is InChI=1S/C13H18N2O3/c1-9(16)11-4-3-10(7-12(11)17)15-6-5-14(2)13(18)8-15/h3-4,7,9,16-17H,5-6,8H2,1-2H3. The molecule has 0 bridgehead atoms. The highest BCUT2D eigenvalue weighted by Gasteiger charge is 2.21. The van der Waals surface area contributed by atoms with Gasteiger partial charge in [-0.1, -0.05) is 6.07 Å². The second-order valence-corrected chi connectivity index (χ2v) is 4.66. The molecule has 98 valence electrons. The molecular weight excluding hydrogens is 232 g/mol. The van der Waals surface area contributed by atoms with Gasteiger partial charge in [-0.2, -0.15) is 0 Å². The van der Waals surface area contributed by atoms with E-state index in [0.717, 1.165) is 12.2 Å². The van der Waals surface area contributed by atoms with Crippen LogP contribution in [-0.2, 0) is 4.79 Å². The molecule has 1 aromatic carbocycles. The van der Waals surface area contributed by atoms with Crippen LogP contribution in [-0.4, -0.2) is 47.7 Å². The molecule has 0 aromatic heterocycles. The average molecular weight is 250 g/mol. The van der Waals surface area contributed by atoms with Gasteiger partial charge in [-0.05, 0) is 13.0 Å². The molecule has 5 heteroatoms. The van der Waals surface area contributed by atoms with Crippen LogP contribution in [0.3, 0.4) is 0 Å². The van der Waals surface area contributed by atoms with E-state index in [1.54, 1.807) is 31.0 Å². The second kappa shape index (κ2) is 4.86. The number of carbonyl (C=O) groups excluding carboxylic acids is 1. The number of piperazine rings is 1. The van der Waals surface area contributed by atoms with Crippen LogP contribution in [0.4, 0.5) is 5.69 Å². The van der Waals surface area contributed by atoms with E-state index in [1.165, 1.54) is 0 Å². The predicted octanol–water partition coefficient (Wildman–Crippen LogP) is 0.724. The largest absolute Gasteiger partial charge is 0.507 e. The second-order valence-electron chi connectivity index (χ2n) is 4.66. The summed E-state index contributed by atoms with van der Waals surface area (Å²) in [5.41, 5.74) is 1.30. The molecule has 0 saturated carbocycles. The lowest BCUT2D eigenvalue weighted by Gasteiger charge is -2.33. The molecule has 1 unspecified atom stereocenters. The van der Waals surface area contributed by atoms with Gasteiger partial charge in [0.2, 0.25) is 5.91 Å². The number of likely N-dealkylation sites (N-methyl/N-ethyl adjacent to an activating group) is 1. The number of benzene rings is 1. The van der Waals surface area contributed by atoms with Crippen LogP contribution in [0.5, 0.6) is 5.75 Å². The van der Waals surface area contributed by atoms with Gasteiger partial charge >= 0.3 is 0 Å². The first kappa shape index (κ1) is 12.7. The van der Waals surface area contributed by atoms with Crippen molar-refractivity contribution in [1.82, 2.24) is 4.90 Å². The van der Waals surface area contributed by atoms with Crippen molar-refractivity contribution in [2.45, 2.75) is 13.0 Å². The Hall–Kier alpha value is -1.75. The van der Waals surface area contributed by atoms with Crippen molar-refractivity contribution in [3.8, 4) is 5.75 Å².